The number of hydrogen-bond acceptors (Lipinski definition) is 2. The van der Waals surface area contributed by atoms with Crippen molar-refractivity contribution in [3.8, 4) is 0 Å². The highest BCUT2D eigenvalue weighted by atomic mass is 16.3. The summed E-state index contributed by atoms with van der Waals surface area (Å²) in [7, 11) is 0. The number of carbonyl (C=O) groups excluding carboxylic acids is 1. The summed E-state index contributed by atoms with van der Waals surface area (Å²) in [4.78, 5) is 12.5. The Hall–Kier alpha value is -0.770. The molecule has 0 unspecified atom stereocenters. The van der Waals surface area contributed by atoms with Gasteiger partial charge in [0.1, 0.15) is 0 Å². The summed E-state index contributed by atoms with van der Waals surface area (Å²) in [6, 6.07) is -0.121. The van der Waals surface area contributed by atoms with Crippen LogP contribution in [0, 0.1) is 0 Å². The Labute approximate surface area is 59.8 Å². The van der Waals surface area contributed by atoms with Crippen LogP contribution in [-0.4, -0.2) is 41.8 Å². The molecule has 2 amide bonds. The third-order valence-corrected chi connectivity index (χ3v) is 1.69. The number of hydrogen-bond donors (Lipinski definition) is 2. The molecule has 1 aliphatic rings. The van der Waals surface area contributed by atoms with Gasteiger partial charge in [0.15, 0.2) is 0 Å². The van der Waals surface area contributed by atoms with E-state index in [1.54, 1.807) is 4.90 Å². The molecule has 0 bridgehead atoms. The van der Waals surface area contributed by atoms with Gasteiger partial charge in [0.05, 0.1) is 12.6 Å². The zero-order chi connectivity index (χ0) is 7.56. The summed E-state index contributed by atoms with van der Waals surface area (Å²) in [6.45, 7) is 3.27. The van der Waals surface area contributed by atoms with Crippen LogP contribution < -0.4 is 5.32 Å². The molecule has 4 nitrogen and oxygen atoms in total. The Morgan fingerprint density at radius 3 is 3.00 bits per heavy atom. The van der Waals surface area contributed by atoms with E-state index in [2.05, 4.69) is 5.32 Å². The molecule has 0 aromatic rings. The summed E-state index contributed by atoms with van der Waals surface area (Å²) >= 11 is 0. The molecule has 10 heavy (non-hydrogen) atoms. The highest BCUT2D eigenvalue weighted by Gasteiger charge is 2.23. The smallest absolute Gasteiger partial charge is 0.317 e. The van der Waals surface area contributed by atoms with E-state index in [0.29, 0.717) is 13.1 Å². The molecule has 0 aliphatic carbocycles. The average Bonchev–Trinajstić information content (AvgIpc) is 2.34. The number of rotatable bonds is 2. The lowest BCUT2D eigenvalue weighted by molar-refractivity contribution is 0.160. The number of nitrogens with one attached hydrogen (secondary N) is 1. The van der Waals surface area contributed by atoms with Crippen molar-refractivity contribution in [3.63, 3.8) is 0 Å². The van der Waals surface area contributed by atoms with Gasteiger partial charge in [-0.15, -0.1) is 0 Å². The molecule has 0 aromatic heterocycles. The quantitative estimate of drug-likeness (QED) is 0.543. The van der Waals surface area contributed by atoms with Gasteiger partial charge >= 0.3 is 6.03 Å². The number of aliphatic hydroxyl groups excluding tert-OH is 1. The zero-order valence-corrected chi connectivity index (χ0v) is 6.00. The van der Waals surface area contributed by atoms with Crippen molar-refractivity contribution < 1.29 is 9.90 Å². The SMILES string of the molecule is C[C@@H](CO)N1CCNC1=O. The van der Waals surface area contributed by atoms with Gasteiger partial charge < -0.3 is 15.3 Å². The normalized spacial score (nSPS) is 21.0. The molecule has 2 N–H and O–H groups in total. The molecule has 4 heteroatoms. The molecule has 1 heterocycles. The molecule has 0 aromatic carbocycles. The predicted octanol–water partition coefficient (Wildman–Crippen LogP) is -0.608. The van der Waals surface area contributed by atoms with E-state index < -0.39 is 0 Å². The highest BCUT2D eigenvalue weighted by Crippen LogP contribution is 2.02. The second kappa shape index (κ2) is 2.88. The van der Waals surface area contributed by atoms with Crippen LogP contribution in [0.5, 0.6) is 0 Å². The van der Waals surface area contributed by atoms with Crippen LogP contribution in [0.25, 0.3) is 0 Å². The summed E-state index contributed by atoms with van der Waals surface area (Å²) in [5.74, 6) is 0. The number of urea groups is 1. The van der Waals surface area contributed by atoms with Crippen molar-refractivity contribution >= 4 is 6.03 Å². The third-order valence-electron chi connectivity index (χ3n) is 1.69. The van der Waals surface area contributed by atoms with Crippen LogP contribution in [0.4, 0.5) is 4.79 Å². The van der Waals surface area contributed by atoms with Crippen molar-refractivity contribution in [2.24, 2.45) is 0 Å². The molecule has 1 rings (SSSR count). The minimum absolute atomic E-state index is 0.0351. The number of amides is 2. The van der Waals surface area contributed by atoms with Crippen LogP contribution >= 0.6 is 0 Å². The average molecular weight is 144 g/mol. The lowest BCUT2D eigenvalue weighted by Gasteiger charge is -2.20. The van der Waals surface area contributed by atoms with Crippen molar-refractivity contribution in [1.82, 2.24) is 10.2 Å². The number of aliphatic hydroxyl groups is 1. The second-order valence-electron chi connectivity index (χ2n) is 2.46. The first-order chi connectivity index (χ1) is 4.75. The van der Waals surface area contributed by atoms with Crippen molar-refractivity contribution in [2.75, 3.05) is 19.7 Å². The standard InChI is InChI=1S/C6H12N2O2/c1-5(4-9)8-3-2-7-6(8)10/h5,9H,2-4H2,1H3,(H,7,10)/t5-/m0/s1. The van der Waals surface area contributed by atoms with Crippen molar-refractivity contribution in [1.29, 1.82) is 0 Å². The zero-order valence-electron chi connectivity index (χ0n) is 6.00. The molecule has 1 fully saturated rings. The van der Waals surface area contributed by atoms with Crippen LogP contribution in [0.1, 0.15) is 6.92 Å². The van der Waals surface area contributed by atoms with E-state index in [1.165, 1.54) is 0 Å². The van der Waals surface area contributed by atoms with Gasteiger partial charge in [-0.2, -0.15) is 0 Å². The van der Waals surface area contributed by atoms with Crippen LogP contribution in [0.3, 0.4) is 0 Å². The second-order valence-corrected chi connectivity index (χ2v) is 2.46. The largest absolute Gasteiger partial charge is 0.394 e. The van der Waals surface area contributed by atoms with E-state index in [0.717, 1.165) is 0 Å². The number of nitrogens with zero attached hydrogens (tertiary/aromatic N) is 1. The molecule has 1 saturated heterocycles. The van der Waals surface area contributed by atoms with E-state index in [1.807, 2.05) is 6.92 Å². The maximum Gasteiger partial charge on any atom is 0.317 e. The van der Waals surface area contributed by atoms with Gasteiger partial charge in [0, 0.05) is 13.1 Å². The fourth-order valence-corrected chi connectivity index (χ4v) is 1.01. The lowest BCUT2D eigenvalue weighted by atomic mass is 10.3. The fraction of sp³-hybridized carbons (Fsp3) is 0.833. The van der Waals surface area contributed by atoms with E-state index in [9.17, 15) is 4.79 Å². The van der Waals surface area contributed by atoms with E-state index in [-0.39, 0.29) is 18.7 Å². The summed E-state index contributed by atoms with van der Waals surface area (Å²) in [5.41, 5.74) is 0. The monoisotopic (exact) mass is 144 g/mol. The maximum atomic E-state index is 10.9. The van der Waals surface area contributed by atoms with Crippen molar-refractivity contribution in [3.05, 3.63) is 0 Å². The molecule has 0 spiro atoms. The maximum absolute atomic E-state index is 10.9. The van der Waals surface area contributed by atoms with Gasteiger partial charge in [0.2, 0.25) is 0 Å². The molecular weight excluding hydrogens is 132 g/mol. The van der Waals surface area contributed by atoms with Gasteiger partial charge in [0.25, 0.3) is 0 Å². The van der Waals surface area contributed by atoms with Gasteiger partial charge in [-0.05, 0) is 6.92 Å². The molecule has 1 aliphatic heterocycles. The van der Waals surface area contributed by atoms with Crippen LogP contribution in [0.2, 0.25) is 0 Å². The minimum atomic E-state index is -0.0680. The Bertz CT molecular complexity index is 138. The Morgan fingerprint density at radius 1 is 1.90 bits per heavy atom. The van der Waals surface area contributed by atoms with Gasteiger partial charge in [-0.1, -0.05) is 0 Å². The highest BCUT2D eigenvalue weighted by molar-refractivity contribution is 5.76. The fourth-order valence-electron chi connectivity index (χ4n) is 1.01. The first-order valence-corrected chi connectivity index (χ1v) is 3.41. The topological polar surface area (TPSA) is 52.6 Å². The summed E-state index contributed by atoms with van der Waals surface area (Å²) in [6.07, 6.45) is 0. The Morgan fingerprint density at radius 2 is 2.60 bits per heavy atom. The summed E-state index contributed by atoms with van der Waals surface area (Å²) in [5, 5.41) is 11.4. The third kappa shape index (κ3) is 1.21. The van der Waals surface area contributed by atoms with E-state index >= 15 is 0 Å². The Kier molecular flexibility index (Phi) is 2.11. The summed E-state index contributed by atoms with van der Waals surface area (Å²) < 4.78 is 0. The molecule has 1 atom stereocenters. The van der Waals surface area contributed by atoms with Crippen LogP contribution in [0.15, 0.2) is 0 Å². The minimum Gasteiger partial charge on any atom is -0.394 e. The van der Waals surface area contributed by atoms with Crippen molar-refractivity contribution in [2.45, 2.75) is 13.0 Å². The first kappa shape index (κ1) is 7.34. The van der Waals surface area contributed by atoms with Crippen LogP contribution in [-0.2, 0) is 0 Å². The number of carbonyl (C=O) groups is 1. The lowest BCUT2D eigenvalue weighted by Crippen LogP contribution is -2.38. The first-order valence-electron chi connectivity index (χ1n) is 3.41. The van der Waals surface area contributed by atoms with E-state index in [4.69, 9.17) is 5.11 Å². The van der Waals surface area contributed by atoms with Gasteiger partial charge in [-0.3, -0.25) is 0 Å². The Balaban J connectivity index is 2.46. The molecule has 0 radical (unpaired) electrons. The predicted molar refractivity (Wildman–Crippen MR) is 36.7 cm³/mol. The molecule has 0 saturated carbocycles. The van der Waals surface area contributed by atoms with Gasteiger partial charge in [-0.25, -0.2) is 4.79 Å². The molecular formula is C6H12N2O2. The molecule has 58 valence electrons.